The molecular formula is C11H13FN2O2. The number of likely N-dealkylation sites (tertiary alicyclic amines) is 1. The third-order valence-corrected chi connectivity index (χ3v) is 2.72. The van der Waals surface area contributed by atoms with Crippen molar-refractivity contribution in [2.24, 2.45) is 5.73 Å². The van der Waals surface area contributed by atoms with Gasteiger partial charge in [0.1, 0.15) is 17.1 Å². The van der Waals surface area contributed by atoms with Gasteiger partial charge in [0.05, 0.1) is 0 Å². The second-order valence-electron chi connectivity index (χ2n) is 3.93. The summed E-state index contributed by atoms with van der Waals surface area (Å²) < 4.78 is 13.4. The van der Waals surface area contributed by atoms with Crippen molar-refractivity contribution in [3.05, 3.63) is 29.6 Å². The third-order valence-electron chi connectivity index (χ3n) is 2.72. The van der Waals surface area contributed by atoms with Gasteiger partial charge in [-0.2, -0.15) is 0 Å². The predicted octanol–water partition coefficient (Wildman–Crippen LogP) is 0.704. The van der Waals surface area contributed by atoms with E-state index >= 15 is 0 Å². The van der Waals surface area contributed by atoms with Crippen LogP contribution in [0.2, 0.25) is 0 Å². The fraction of sp³-hybridized carbons (Fsp3) is 0.364. The second-order valence-corrected chi connectivity index (χ2v) is 3.93. The van der Waals surface area contributed by atoms with Gasteiger partial charge in [-0.05, 0) is 18.6 Å². The zero-order chi connectivity index (χ0) is 11.7. The Morgan fingerprint density at radius 2 is 2.31 bits per heavy atom. The molecule has 3 N–H and O–H groups in total. The number of nitrogens with two attached hydrogens (primary N) is 1. The summed E-state index contributed by atoms with van der Waals surface area (Å²) in [7, 11) is 0. The Bertz CT molecular complexity index is 402. The fourth-order valence-electron chi connectivity index (χ4n) is 1.85. The summed E-state index contributed by atoms with van der Waals surface area (Å²) in [6.07, 6.45) is 0.709. The van der Waals surface area contributed by atoms with Crippen molar-refractivity contribution in [2.75, 3.05) is 13.1 Å². The number of amides is 1. The minimum atomic E-state index is -0.703. The molecule has 16 heavy (non-hydrogen) atoms. The molecule has 4 nitrogen and oxygen atoms in total. The molecule has 1 amide bonds. The standard InChI is InChI=1S/C11H13FN2O2/c12-8-2-1-3-9(15)10(8)11(16)14-5-4-7(13)6-14/h1-3,7,15H,4-6,13H2/t7-/m1/s1. The lowest BCUT2D eigenvalue weighted by molar-refractivity contribution is 0.0783. The molecule has 1 atom stereocenters. The molecule has 5 heteroatoms. The third kappa shape index (κ3) is 1.86. The molecular weight excluding hydrogens is 211 g/mol. The largest absolute Gasteiger partial charge is 0.507 e. The summed E-state index contributed by atoms with van der Waals surface area (Å²) in [6, 6.07) is 3.75. The number of aromatic hydroxyl groups is 1. The van der Waals surface area contributed by atoms with Crippen molar-refractivity contribution < 1.29 is 14.3 Å². The first-order chi connectivity index (χ1) is 7.59. The van der Waals surface area contributed by atoms with E-state index in [0.29, 0.717) is 19.5 Å². The van der Waals surface area contributed by atoms with Crippen LogP contribution in [-0.4, -0.2) is 35.0 Å². The Morgan fingerprint density at radius 1 is 1.56 bits per heavy atom. The highest BCUT2D eigenvalue weighted by Gasteiger charge is 2.28. The van der Waals surface area contributed by atoms with Crippen LogP contribution in [0.1, 0.15) is 16.8 Å². The van der Waals surface area contributed by atoms with E-state index in [0.717, 1.165) is 6.07 Å². The quantitative estimate of drug-likeness (QED) is 0.738. The number of halogens is 1. The number of hydrogen-bond donors (Lipinski definition) is 2. The molecule has 86 valence electrons. The van der Waals surface area contributed by atoms with Crippen LogP contribution in [0.25, 0.3) is 0 Å². The molecule has 1 aromatic carbocycles. The highest BCUT2D eigenvalue weighted by Crippen LogP contribution is 2.23. The Kier molecular flexibility index (Phi) is 2.78. The number of phenols is 1. The van der Waals surface area contributed by atoms with Crippen molar-refractivity contribution in [1.29, 1.82) is 0 Å². The highest BCUT2D eigenvalue weighted by molar-refractivity contribution is 5.97. The molecule has 1 aliphatic heterocycles. The lowest BCUT2D eigenvalue weighted by Gasteiger charge is -2.16. The Balaban J connectivity index is 2.27. The lowest BCUT2D eigenvalue weighted by atomic mass is 10.1. The summed E-state index contributed by atoms with van der Waals surface area (Å²) in [4.78, 5) is 13.4. The average Bonchev–Trinajstić information content (AvgIpc) is 2.64. The maximum absolute atomic E-state index is 13.4. The number of carbonyl (C=O) groups excluding carboxylic acids is 1. The van der Waals surface area contributed by atoms with Crippen molar-refractivity contribution >= 4 is 5.91 Å². The average molecular weight is 224 g/mol. The molecule has 1 saturated heterocycles. The Labute approximate surface area is 92.5 Å². The van der Waals surface area contributed by atoms with Gasteiger partial charge < -0.3 is 15.7 Å². The summed E-state index contributed by atoms with van der Waals surface area (Å²) >= 11 is 0. The first-order valence-electron chi connectivity index (χ1n) is 5.12. The van der Waals surface area contributed by atoms with Gasteiger partial charge in [-0.25, -0.2) is 4.39 Å². The maximum atomic E-state index is 13.4. The van der Waals surface area contributed by atoms with E-state index in [1.165, 1.54) is 17.0 Å². The Hall–Kier alpha value is -1.62. The normalized spacial score (nSPS) is 20.1. The van der Waals surface area contributed by atoms with Gasteiger partial charge in [-0.15, -0.1) is 0 Å². The van der Waals surface area contributed by atoms with Crippen LogP contribution in [0, 0.1) is 5.82 Å². The van der Waals surface area contributed by atoms with Crippen molar-refractivity contribution in [1.82, 2.24) is 4.90 Å². The number of rotatable bonds is 1. The van der Waals surface area contributed by atoms with Crippen LogP contribution in [0.3, 0.4) is 0 Å². The molecule has 0 aromatic heterocycles. The van der Waals surface area contributed by atoms with Gasteiger partial charge in [-0.3, -0.25) is 4.79 Å². The molecule has 0 unspecified atom stereocenters. The van der Waals surface area contributed by atoms with Gasteiger partial charge in [0.15, 0.2) is 0 Å². The first kappa shape index (κ1) is 10.9. The minimum Gasteiger partial charge on any atom is -0.507 e. The van der Waals surface area contributed by atoms with Crippen LogP contribution in [0.4, 0.5) is 4.39 Å². The van der Waals surface area contributed by atoms with E-state index in [9.17, 15) is 14.3 Å². The highest BCUT2D eigenvalue weighted by atomic mass is 19.1. The van der Waals surface area contributed by atoms with Crippen molar-refractivity contribution in [2.45, 2.75) is 12.5 Å². The maximum Gasteiger partial charge on any atom is 0.260 e. The topological polar surface area (TPSA) is 66.6 Å². The molecule has 1 heterocycles. The SMILES string of the molecule is N[C@@H]1CCN(C(=O)c2c(O)cccc2F)C1. The van der Waals surface area contributed by atoms with Crippen molar-refractivity contribution in [3.63, 3.8) is 0 Å². The van der Waals surface area contributed by atoms with Gasteiger partial charge in [0.2, 0.25) is 0 Å². The zero-order valence-electron chi connectivity index (χ0n) is 8.69. The summed E-state index contributed by atoms with van der Waals surface area (Å²) in [5.41, 5.74) is 5.40. The van der Waals surface area contributed by atoms with E-state index in [4.69, 9.17) is 5.73 Å². The number of nitrogens with zero attached hydrogens (tertiary/aromatic N) is 1. The zero-order valence-corrected chi connectivity index (χ0v) is 8.69. The van der Waals surface area contributed by atoms with Crippen LogP contribution in [-0.2, 0) is 0 Å². The number of benzene rings is 1. The van der Waals surface area contributed by atoms with Crippen molar-refractivity contribution in [3.8, 4) is 5.75 Å². The summed E-state index contributed by atoms with van der Waals surface area (Å²) in [5.74, 6) is -1.53. The van der Waals surface area contributed by atoms with Gasteiger partial charge in [0, 0.05) is 19.1 Å². The molecule has 0 bridgehead atoms. The molecule has 2 rings (SSSR count). The van der Waals surface area contributed by atoms with E-state index in [1.54, 1.807) is 0 Å². The van der Waals surface area contributed by atoms with Crippen LogP contribution in [0.15, 0.2) is 18.2 Å². The smallest absolute Gasteiger partial charge is 0.260 e. The molecule has 0 radical (unpaired) electrons. The van der Waals surface area contributed by atoms with E-state index < -0.39 is 11.7 Å². The van der Waals surface area contributed by atoms with Gasteiger partial charge >= 0.3 is 0 Å². The summed E-state index contributed by atoms with van der Waals surface area (Å²) in [5, 5.41) is 9.47. The van der Waals surface area contributed by atoms with E-state index in [-0.39, 0.29) is 17.4 Å². The molecule has 0 spiro atoms. The fourth-order valence-corrected chi connectivity index (χ4v) is 1.85. The Morgan fingerprint density at radius 3 is 2.88 bits per heavy atom. The molecule has 1 fully saturated rings. The number of carbonyl (C=O) groups is 1. The van der Waals surface area contributed by atoms with Gasteiger partial charge in [-0.1, -0.05) is 6.07 Å². The first-order valence-corrected chi connectivity index (χ1v) is 5.12. The lowest BCUT2D eigenvalue weighted by Crippen LogP contribution is -2.32. The van der Waals surface area contributed by atoms with Crippen LogP contribution >= 0.6 is 0 Å². The van der Waals surface area contributed by atoms with E-state index in [1.807, 2.05) is 0 Å². The van der Waals surface area contributed by atoms with Crippen LogP contribution < -0.4 is 5.73 Å². The number of hydrogen-bond acceptors (Lipinski definition) is 3. The predicted molar refractivity (Wildman–Crippen MR) is 56.6 cm³/mol. The monoisotopic (exact) mass is 224 g/mol. The summed E-state index contributed by atoms with van der Waals surface area (Å²) in [6.45, 7) is 0.917. The van der Waals surface area contributed by atoms with E-state index in [2.05, 4.69) is 0 Å². The molecule has 1 aliphatic rings. The molecule has 0 aliphatic carbocycles. The molecule has 1 aromatic rings. The van der Waals surface area contributed by atoms with Crippen LogP contribution in [0.5, 0.6) is 5.75 Å². The van der Waals surface area contributed by atoms with Gasteiger partial charge in [0.25, 0.3) is 5.91 Å². The second kappa shape index (κ2) is 4.09. The minimum absolute atomic E-state index is 0.0575. The number of phenolic OH excluding ortho intramolecular Hbond substituents is 1. The molecule has 0 saturated carbocycles.